The summed E-state index contributed by atoms with van der Waals surface area (Å²) < 4.78 is 5.55. The van der Waals surface area contributed by atoms with Crippen LogP contribution in [0.25, 0.3) is 22.0 Å². The number of benzene rings is 3. The van der Waals surface area contributed by atoms with Crippen LogP contribution in [-0.2, 0) is 6.42 Å². The van der Waals surface area contributed by atoms with Crippen molar-refractivity contribution in [1.82, 2.24) is 10.2 Å². The Morgan fingerprint density at radius 2 is 1.81 bits per heavy atom. The number of fused-ring (bicyclic) bond motifs is 1. The molecule has 0 aliphatic carbocycles. The molecular weight excluding hydrogens is 360 g/mol. The van der Waals surface area contributed by atoms with Crippen LogP contribution in [-0.4, -0.2) is 17.3 Å². The minimum Gasteiger partial charge on any atom is -0.496 e. The fourth-order valence-electron chi connectivity index (χ4n) is 3.23. The summed E-state index contributed by atoms with van der Waals surface area (Å²) in [5.74, 6) is 0.762. The van der Waals surface area contributed by atoms with E-state index in [9.17, 15) is 4.79 Å². The van der Waals surface area contributed by atoms with E-state index >= 15 is 0 Å². The molecule has 0 atom stereocenters. The van der Waals surface area contributed by atoms with Crippen LogP contribution < -0.4 is 10.3 Å². The first kappa shape index (κ1) is 17.3. The van der Waals surface area contributed by atoms with Gasteiger partial charge in [-0.05, 0) is 35.0 Å². The minimum absolute atomic E-state index is 0.206. The lowest BCUT2D eigenvalue weighted by Crippen LogP contribution is -2.15. The lowest BCUT2D eigenvalue weighted by atomic mass is 9.97. The first-order valence-corrected chi connectivity index (χ1v) is 8.92. The molecule has 0 aliphatic rings. The molecule has 27 heavy (non-hydrogen) atoms. The van der Waals surface area contributed by atoms with E-state index in [0.29, 0.717) is 22.7 Å². The monoisotopic (exact) mass is 376 g/mol. The van der Waals surface area contributed by atoms with Crippen LogP contribution in [0.2, 0.25) is 5.02 Å². The zero-order valence-corrected chi connectivity index (χ0v) is 15.5. The number of hydrogen-bond acceptors (Lipinski definition) is 3. The highest BCUT2D eigenvalue weighted by atomic mass is 35.5. The van der Waals surface area contributed by atoms with Crippen LogP contribution in [0.5, 0.6) is 5.75 Å². The van der Waals surface area contributed by atoms with Gasteiger partial charge in [0.05, 0.1) is 12.8 Å². The minimum atomic E-state index is -0.206. The van der Waals surface area contributed by atoms with Crippen LogP contribution in [0.1, 0.15) is 11.1 Å². The molecule has 0 saturated carbocycles. The molecule has 134 valence electrons. The summed E-state index contributed by atoms with van der Waals surface area (Å²) in [6, 6.07) is 21.2. The largest absolute Gasteiger partial charge is 0.496 e. The summed E-state index contributed by atoms with van der Waals surface area (Å²) in [6.45, 7) is 0. The van der Waals surface area contributed by atoms with E-state index in [0.717, 1.165) is 27.6 Å². The van der Waals surface area contributed by atoms with Gasteiger partial charge in [0.1, 0.15) is 5.75 Å². The molecule has 0 saturated heterocycles. The van der Waals surface area contributed by atoms with Crippen LogP contribution in [0.3, 0.4) is 0 Å². The summed E-state index contributed by atoms with van der Waals surface area (Å²) in [5.41, 5.74) is 2.99. The Kier molecular flexibility index (Phi) is 4.65. The van der Waals surface area contributed by atoms with Gasteiger partial charge in [-0.3, -0.25) is 4.79 Å². The topological polar surface area (TPSA) is 55.0 Å². The maximum Gasteiger partial charge on any atom is 0.267 e. The summed E-state index contributed by atoms with van der Waals surface area (Å²) in [4.78, 5) is 12.4. The molecule has 0 fully saturated rings. The molecule has 4 nitrogen and oxygen atoms in total. The molecule has 1 aromatic heterocycles. The molecule has 0 radical (unpaired) electrons. The van der Waals surface area contributed by atoms with E-state index < -0.39 is 0 Å². The lowest BCUT2D eigenvalue weighted by molar-refractivity contribution is 0.411. The normalized spacial score (nSPS) is 10.9. The van der Waals surface area contributed by atoms with Crippen molar-refractivity contribution < 1.29 is 4.74 Å². The Bertz CT molecular complexity index is 1170. The molecule has 0 spiro atoms. The van der Waals surface area contributed by atoms with Crippen LogP contribution in [0.4, 0.5) is 0 Å². The van der Waals surface area contributed by atoms with Gasteiger partial charge in [-0.25, -0.2) is 5.10 Å². The van der Waals surface area contributed by atoms with Gasteiger partial charge in [-0.15, -0.1) is 0 Å². The van der Waals surface area contributed by atoms with Gasteiger partial charge in [0, 0.05) is 28.1 Å². The molecule has 1 N–H and O–H groups in total. The molecule has 5 heteroatoms. The molecular formula is C22H17ClN2O2. The second-order valence-electron chi connectivity index (χ2n) is 6.26. The fourth-order valence-corrected chi connectivity index (χ4v) is 3.35. The van der Waals surface area contributed by atoms with E-state index in [1.807, 2.05) is 54.6 Å². The number of H-pyrrole nitrogens is 1. The number of hydrogen-bond donors (Lipinski definition) is 1. The third-order valence-corrected chi connectivity index (χ3v) is 4.86. The van der Waals surface area contributed by atoms with Crippen molar-refractivity contribution in [3.8, 4) is 17.0 Å². The number of halogens is 1. The van der Waals surface area contributed by atoms with E-state index in [4.69, 9.17) is 16.3 Å². The number of aromatic amines is 1. The van der Waals surface area contributed by atoms with Gasteiger partial charge >= 0.3 is 0 Å². The number of nitrogens with one attached hydrogen (secondary N) is 1. The van der Waals surface area contributed by atoms with E-state index in [2.05, 4.69) is 10.2 Å². The van der Waals surface area contributed by atoms with Crippen molar-refractivity contribution in [3.05, 3.63) is 93.2 Å². The first-order chi connectivity index (χ1) is 13.2. The predicted molar refractivity (Wildman–Crippen MR) is 109 cm³/mol. The highest BCUT2D eigenvalue weighted by Gasteiger charge is 2.13. The maximum atomic E-state index is 12.4. The number of methoxy groups -OCH3 is 1. The molecule has 4 aromatic rings. The Balaban J connectivity index is 1.81. The molecule has 0 bridgehead atoms. The quantitative estimate of drug-likeness (QED) is 0.554. The van der Waals surface area contributed by atoms with Crippen molar-refractivity contribution in [2.75, 3.05) is 7.11 Å². The highest BCUT2D eigenvalue weighted by Crippen LogP contribution is 2.30. The van der Waals surface area contributed by atoms with Crippen LogP contribution >= 0.6 is 11.6 Å². The zero-order chi connectivity index (χ0) is 18.8. The van der Waals surface area contributed by atoms with Gasteiger partial charge in [0.25, 0.3) is 5.56 Å². The Hall–Kier alpha value is -3.11. The molecule has 0 aliphatic heterocycles. The van der Waals surface area contributed by atoms with Crippen molar-refractivity contribution >= 4 is 22.4 Å². The molecule has 1 heterocycles. The number of nitrogens with zero attached hydrogens (tertiary/aromatic N) is 1. The van der Waals surface area contributed by atoms with Crippen LogP contribution in [0.15, 0.2) is 71.5 Å². The summed E-state index contributed by atoms with van der Waals surface area (Å²) in [7, 11) is 1.64. The fraction of sp³-hybridized carbons (Fsp3) is 0.0909. The van der Waals surface area contributed by atoms with Crippen molar-refractivity contribution in [2.24, 2.45) is 0 Å². The zero-order valence-electron chi connectivity index (χ0n) is 14.7. The van der Waals surface area contributed by atoms with Gasteiger partial charge in [-0.1, -0.05) is 54.1 Å². The number of rotatable bonds is 4. The van der Waals surface area contributed by atoms with Gasteiger partial charge in [0.15, 0.2) is 0 Å². The molecule has 0 amide bonds. The van der Waals surface area contributed by atoms with E-state index in [1.165, 1.54) is 0 Å². The highest BCUT2D eigenvalue weighted by molar-refractivity contribution is 6.30. The summed E-state index contributed by atoms with van der Waals surface area (Å²) in [5, 5.41) is 9.62. The van der Waals surface area contributed by atoms with Gasteiger partial charge in [-0.2, -0.15) is 5.10 Å². The third-order valence-electron chi connectivity index (χ3n) is 4.61. The first-order valence-electron chi connectivity index (χ1n) is 8.55. The summed E-state index contributed by atoms with van der Waals surface area (Å²) in [6.07, 6.45) is 0.447. The summed E-state index contributed by atoms with van der Waals surface area (Å²) >= 11 is 5.96. The third kappa shape index (κ3) is 3.44. The lowest BCUT2D eigenvalue weighted by Gasteiger charge is -2.12. The molecule has 3 aromatic carbocycles. The Morgan fingerprint density at radius 1 is 1.04 bits per heavy atom. The van der Waals surface area contributed by atoms with E-state index in [-0.39, 0.29) is 5.56 Å². The standard InChI is InChI=1S/C22H17ClN2O2/c1-27-21-11-8-14-4-2-3-5-18(14)19(21)12-16-13-20(24-25-22(16)26)15-6-9-17(23)10-7-15/h2-11,13H,12H2,1H3,(H,25,26). The number of ether oxygens (including phenoxy) is 1. The van der Waals surface area contributed by atoms with Gasteiger partial charge in [0.2, 0.25) is 0 Å². The average molecular weight is 377 g/mol. The van der Waals surface area contributed by atoms with Gasteiger partial charge < -0.3 is 4.74 Å². The van der Waals surface area contributed by atoms with Crippen LogP contribution in [0, 0.1) is 0 Å². The Labute approximate surface area is 161 Å². The van der Waals surface area contributed by atoms with E-state index in [1.54, 1.807) is 19.2 Å². The smallest absolute Gasteiger partial charge is 0.267 e. The second kappa shape index (κ2) is 7.25. The maximum absolute atomic E-state index is 12.4. The van der Waals surface area contributed by atoms with Crippen molar-refractivity contribution in [1.29, 1.82) is 0 Å². The Morgan fingerprint density at radius 3 is 2.59 bits per heavy atom. The average Bonchev–Trinajstić information content (AvgIpc) is 2.70. The molecule has 0 unspecified atom stereocenters. The number of aromatic nitrogens is 2. The second-order valence-corrected chi connectivity index (χ2v) is 6.70. The molecule has 4 rings (SSSR count). The van der Waals surface area contributed by atoms with Crippen molar-refractivity contribution in [3.63, 3.8) is 0 Å². The predicted octanol–water partition coefficient (Wildman–Crippen LogP) is 4.84. The van der Waals surface area contributed by atoms with Crippen molar-refractivity contribution in [2.45, 2.75) is 6.42 Å². The SMILES string of the molecule is COc1ccc2ccccc2c1Cc1cc(-c2ccc(Cl)cc2)n[nH]c1=O.